The third kappa shape index (κ3) is 1.74. The number of nitrogens with two attached hydrogens (primary N) is 1. The van der Waals surface area contributed by atoms with Crippen molar-refractivity contribution >= 4 is 5.69 Å². The lowest BCUT2D eigenvalue weighted by atomic mass is 9.95. The third-order valence-electron chi connectivity index (χ3n) is 3.38. The summed E-state index contributed by atoms with van der Waals surface area (Å²) in [6, 6.07) is 6.59. The van der Waals surface area contributed by atoms with E-state index in [-0.39, 0.29) is 0 Å². The summed E-state index contributed by atoms with van der Waals surface area (Å²) in [4.78, 5) is 2.43. The van der Waals surface area contributed by atoms with Gasteiger partial charge in [-0.3, -0.25) is 0 Å². The molecule has 0 saturated carbocycles. The molecule has 2 nitrogen and oxygen atoms in total. The number of aryl methyl sites for hydroxylation is 1. The van der Waals surface area contributed by atoms with Gasteiger partial charge in [-0.15, -0.1) is 0 Å². The summed E-state index contributed by atoms with van der Waals surface area (Å²) < 4.78 is 0. The van der Waals surface area contributed by atoms with Crippen molar-refractivity contribution in [3.63, 3.8) is 0 Å². The maximum Gasteiger partial charge on any atom is 0.0405 e. The molecular formula is C13H20N2. The first-order valence-electron chi connectivity index (χ1n) is 5.82. The fourth-order valence-corrected chi connectivity index (χ4v) is 2.63. The van der Waals surface area contributed by atoms with Gasteiger partial charge in [0.2, 0.25) is 0 Å². The summed E-state index contributed by atoms with van der Waals surface area (Å²) in [6.45, 7) is 7.35. The van der Waals surface area contributed by atoms with E-state index in [2.05, 4.69) is 36.9 Å². The minimum atomic E-state index is 0.702. The second-order valence-electron chi connectivity index (χ2n) is 4.35. The minimum Gasteiger partial charge on any atom is -0.369 e. The Kier molecular flexibility index (Phi) is 2.96. The van der Waals surface area contributed by atoms with E-state index in [0.717, 1.165) is 19.6 Å². The number of rotatable bonds is 3. The molecule has 15 heavy (non-hydrogen) atoms. The van der Waals surface area contributed by atoms with Crippen molar-refractivity contribution in [1.82, 2.24) is 0 Å². The predicted octanol–water partition coefficient (Wildman–Crippen LogP) is 2.27. The van der Waals surface area contributed by atoms with E-state index in [1.165, 1.54) is 17.7 Å². The summed E-state index contributed by atoms with van der Waals surface area (Å²) in [7, 11) is 0. The molecule has 0 radical (unpaired) electrons. The smallest absolute Gasteiger partial charge is 0.0405 e. The Morgan fingerprint density at radius 1 is 1.47 bits per heavy atom. The Morgan fingerprint density at radius 3 is 2.93 bits per heavy atom. The average molecular weight is 204 g/mol. The molecule has 1 aromatic carbocycles. The van der Waals surface area contributed by atoms with Gasteiger partial charge in [0.1, 0.15) is 0 Å². The molecule has 82 valence electrons. The Hall–Kier alpha value is -1.02. The Bertz CT molecular complexity index is 346. The lowest BCUT2D eigenvalue weighted by molar-refractivity contribution is 0.670. The zero-order chi connectivity index (χ0) is 10.8. The molecule has 0 fully saturated rings. The van der Waals surface area contributed by atoms with Gasteiger partial charge in [0.05, 0.1) is 0 Å². The maximum atomic E-state index is 5.65. The van der Waals surface area contributed by atoms with E-state index in [1.807, 2.05) is 0 Å². The van der Waals surface area contributed by atoms with Crippen LogP contribution < -0.4 is 10.6 Å². The summed E-state index contributed by atoms with van der Waals surface area (Å²) in [6.07, 6.45) is 1.22. The first-order valence-corrected chi connectivity index (χ1v) is 5.82. The van der Waals surface area contributed by atoms with Gasteiger partial charge in [0, 0.05) is 31.2 Å². The summed E-state index contributed by atoms with van der Waals surface area (Å²) in [5, 5.41) is 0. The molecule has 2 N–H and O–H groups in total. The van der Waals surface area contributed by atoms with Crippen LogP contribution in [0, 0.1) is 6.92 Å². The average Bonchev–Trinajstić information content (AvgIpc) is 2.59. The molecule has 1 unspecified atom stereocenters. The van der Waals surface area contributed by atoms with Crippen molar-refractivity contribution in [3.8, 4) is 0 Å². The largest absolute Gasteiger partial charge is 0.369 e. The number of benzene rings is 1. The topological polar surface area (TPSA) is 29.3 Å². The first-order chi connectivity index (χ1) is 7.27. The van der Waals surface area contributed by atoms with Crippen molar-refractivity contribution in [2.75, 3.05) is 24.5 Å². The molecule has 1 atom stereocenters. The van der Waals surface area contributed by atoms with E-state index >= 15 is 0 Å². The number of hydrogen-bond acceptors (Lipinski definition) is 2. The van der Waals surface area contributed by atoms with Gasteiger partial charge in [0.15, 0.2) is 0 Å². The molecule has 0 bridgehead atoms. The lowest BCUT2D eigenvalue weighted by Gasteiger charge is -2.18. The molecule has 0 spiro atoms. The van der Waals surface area contributed by atoms with Crippen molar-refractivity contribution in [3.05, 3.63) is 29.3 Å². The van der Waals surface area contributed by atoms with Crippen molar-refractivity contribution in [1.29, 1.82) is 0 Å². The first kappa shape index (κ1) is 10.5. The van der Waals surface area contributed by atoms with E-state index in [4.69, 9.17) is 5.73 Å². The Balaban J connectivity index is 2.38. The van der Waals surface area contributed by atoms with Crippen molar-refractivity contribution < 1.29 is 0 Å². The lowest BCUT2D eigenvalue weighted by Crippen LogP contribution is -2.28. The van der Waals surface area contributed by atoms with E-state index in [1.54, 1.807) is 5.56 Å². The van der Waals surface area contributed by atoms with Crippen LogP contribution in [0.1, 0.15) is 30.4 Å². The van der Waals surface area contributed by atoms with Crippen LogP contribution >= 0.6 is 0 Å². The zero-order valence-corrected chi connectivity index (χ0v) is 9.66. The maximum absolute atomic E-state index is 5.65. The van der Waals surface area contributed by atoms with Crippen LogP contribution in [0.15, 0.2) is 18.2 Å². The number of fused-ring (bicyclic) bond motifs is 1. The SMILES string of the molecule is CCC1CN(CCN)c2cccc(C)c21. The highest BCUT2D eigenvalue weighted by atomic mass is 15.2. The van der Waals surface area contributed by atoms with Crippen LogP contribution in [0.4, 0.5) is 5.69 Å². The second kappa shape index (κ2) is 4.23. The van der Waals surface area contributed by atoms with Crippen molar-refractivity contribution in [2.24, 2.45) is 5.73 Å². The highest BCUT2D eigenvalue weighted by Crippen LogP contribution is 2.39. The Morgan fingerprint density at radius 2 is 2.27 bits per heavy atom. The number of hydrogen-bond donors (Lipinski definition) is 1. The van der Waals surface area contributed by atoms with Gasteiger partial charge < -0.3 is 10.6 Å². The van der Waals surface area contributed by atoms with Crippen LogP contribution in [0.5, 0.6) is 0 Å². The van der Waals surface area contributed by atoms with E-state index < -0.39 is 0 Å². The molecular weight excluding hydrogens is 184 g/mol. The van der Waals surface area contributed by atoms with Crippen LogP contribution in [0.3, 0.4) is 0 Å². The highest BCUT2D eigenvalue weighted by Gasteiger charge is 2.27. The molecule has 2 rings (SSSR count). The van der Waals surface area contributed by atoms with Gasteiger partial charge in [-0.1, -0.05) is 19.1 Å². The monoisotopic (exact) mass is 204 g/mol. The number of nitrogens with zero attached hydrogens (tertiary/aromatic N) is 1. The Labute approximate surface area is 92.1 Å². The van der Waals surface area contributed by atoms with Gasteiger partial charge in [-0.25, -0.2) is 0 Å². The summed E-state index contributed by atoms with van der Waals surface area (Å²) >= 11 is 0. The fourth-order valence-electron chi connectivity index (χ4n) is 2.63. The zero-order valence-electron chi connectivity index (χ0n) is 9.66. The molecule has 1 aliphatic rings. The van der Waals surface area contributed by atoms with Gasteiger partial charge >= 0.3 is 0 Å². The molecule has 1 aromatic rings. The molecule has 1 heterocycles. The quantitative estimate of drug-likeness (QED) is 0.818. The minimum absolute atomic E-state index is 0.702. The highest BCUT2D eigenvalue weighted by molar-refractivity contribution is 5.62. The summed E-state index contributed by atoms with van der Waals surface area (Å²) in [5.74, 6) is 0.702. The standard InChI is InChI=1S/C13H20N2/c1-3-11-9-15(8-7-14)12-6-4-5-10(2)13(11)12/h4-6,11H,3,7-9,14H2,1-2H3. The fraction of sp³-hybridized carbons (Fsp3) is 0.538. The van der Waals surface area contributed by atoms with E-state index in [0.29, 0.717) is 5.92 Å². The van der Waals surface area contributed by atoms with Crippen LogP contribution in [-0.2, 0) is 0 Å². The van der Waals surface area contributed by atoms with Crippen LogP contribution in [-0.4, -0.2) is 19.6 Å². The molecule has 0 aliphatic carbocycles. The van der Waals surface area contributed by atoms with Crippen molar-refractivity contribution in [2.45, 2.75) is 26.2 Å². The van der Waals surface area contributed by atoms with Crippen LogP contribution in [0.25, 0.3) is 0 Å². The molecule has 2 heteroatoms. The van der Waals surface area contributed by atoms with Crippen LogP contribution in [0.2, 0.25) is 0 Å². The van der Waals surface area contributed by atoms with Gasteiger partial charge in [-0.2, -0.15) is 0 Å². The molecule has 0 aromatic heterocycles. The number of anilines is 1. The van der Waals surface area contributed by atoms with Gasteiger partial charge in [-0.05, 0) is 30.5 Å². The predicted molar refractivity (Wildman–Crippen MR) is 65.5 cm³/mol. The molecule has 0 saturated heterocycles. The normalized spacial score (nSPS) is 19.4. The van der Waals surface area contributed by atoms with E-state index in [9.17, 15) is 0 Å². The summed E-state index contributed by atoms with van der Waals surface area (Å²) in [5.41, 5.74) is 10.0. The van der Waals surface area contributed by atoms with Gasteiger partial charge in [0.25, 0.3) is 0 Å². The third-order valence-corrected chi connectivity index (χ3v) is 3.38. The molecule has 1 aliphatic heterocycles. The molecule has 0 amide bonds. The second-order valence-corrected chi connectivity index (χ2v) is 4.35.